The molecule has 0 aliphatic carbocycles. The number of unbranched alkanes of at least 4 members (excludes halogenated alkanes) is 20. The van der Waals surface area contributed by atoms with Gasteiger partial charge in [-0.3, -0.25) is 4.90 Å². The van der Waals surface area contributed by atoms with Crippen LogP contribution in [0.25, 0.3) is 0 Å². The molecule has 0 spiro atoms. The predicted molar refractivity (Wildman–Crippen MR) is 190 cm³/mol. The zero-order valence-corrected chi connectivity index (χ0v) is 30.1. The summed E-state index contributed by atoms with van der Waals surface area (Å²) in [6, 6.07) is 0. The molecule has 0 bridgehead atoms. The SMILES string of the molecule is CCCCCCCCCCCCCCC(O)CN(CCOCCOCCN)CC(O)C(C)CCCCCCCCCCCC. The molecule has 3 unspecified atom stereocenters. The number of aliphatic hydroxyl groups is 2. The van der Waals surface area contributed by atoms with E-state index in [0.29, 0.717) is 52.6 Å². The molecule has 6 heteroatoms. The van der Waals surface area contributed by atoms with E-state index in [1.54, 1.807) is 0 Å². The van der Waals surface area contributed by atoms with E-state index in [9.17, 15) is 10.2 Å². The Morgan fingerprint density at radius 2 is 0.932 bits per heavy atom. The summed E-state index contributed by atoms with van der Waals surface area (Å²) in [5.41, 5.74) is 5.48. The predicted octanol–water partition coefficient (Wildman–Crippen LogP) is 9.04. The topological polar surface area (TPSA) is 88.2 Å². The number of hydrogen-bond donors (Lipinski definition) is 3. The van der Waals surface area contributed by atoms with Crippen LogP contribution in [-0.2, 0) is 9.47 Å². The Labute approximate surface area is 275 Å². The summed E-state index contributed by atoms with van der Waals surface area (Å²) in [4.78, 5) is 2.21. The third kappa shape index (κ3) is 31.7. The van der Waals surface area contributed by atoms with E-state index in [1.165, 1.54) is 135 Å². The quantitative estimate of drug-likeness (QED) is 0.0595. The summed E-state index contributed by atoms with van der Waals surface area (Å²) in [5, 5.41) is 21.9. The van der Waals surface area contributed by atoms with Gasteiger partial charge in [-0.15, -0.1) is 0 Å². The maximum atomic E-state index is 11.0. The van der Waals surface area contributed by atoms with Crippen molar-refractivity contribution < 1.29 is 19.7 Å². The standard InChI is InChI=1S/C38H80N2O4/c1-4-6-8-10-12-14-16-17-19-21-23-25-27-37(41)34-40(29-31-44-33-32-43-30-28-39)35-38(42)36(3)26-24-22-20-18-15-13-11-9-7-5-2/h36-38,41-42H,4-35,39H2,1-3H3. The summed E-state index contributed by atoms with van der Waals surface area (Å²) in [6.45, 7) is 11.4. The Morgan fingerprint density at radius 3 is 1.39 bits per heavy atom. The van der Waals surface area contributed by atoms with Crippen LogP contribution in [0.4, 0.5) is 0 Å². The van der Waals surface area contributed by atoms with Crippen LogP contribution < -0.4 is 5.73 Å². The zero-order chi connectivity index (χ0) is 32.4. The molecule has 0 aromatic carbocycles. The van der Waals surface area contributed by atoms with E-state index in [-0.39, 0.29) is 18.1 Å². The van der Waals surface area contributed by atoms with E-state index in [2.05, 4.69) is 25.7 Å². The van der Waals surface area contributed by atoms with Crippen molar-refractivity contribution in [2.24, 2.45) is 11.7 Å². The molecule has 0 fully saturated rings. The summed E-state index contributed by atoms with van der Waals surface area (Å²) in [7, 11) is 0. The molecule has 0 aliphatic heterocycles. The van der Waals surface area contributed by atoms with Crippen LogP contribution in [0.5, 0.6) is 0 Å². The Balaban J connectivity index is 4.23. The van der Waals surface area contributed by atoms with Gasteiger partial charge in [-0.05, 0) is 18.8 Å². The largest absolute Gasteiger partial charge is 0.392 e. The first kappa shape index (κ1) is 43.8. The zero-order valence-electron chi connectivity index (χ0n) is 30.1. The van der Waals surface area contributed by atoms with E-state index in [4.69, 9.17) is 15.2 Å². The van der Waals surface area contributed by atoms with Gasteiger partial charge in [0.25, 0.3) is 0 Å². The van der Waals surface area contributed by atoms with Crippen molar-refractivity contribution >= 4 is 0 Å². The number of aliphatic hydroxyl groups excluding tert-OH is 2. The Hall–Kier alpha value is -0.240. The average molecular weight is 629 g/mol. The molecule has 44 heavy (non-hydrogen) atoms. The number of rotatable bonds is 37. The number of nitrogens with two attached hydrogens (primary N) is 1. The lowest BCUT2D eigenvalue weighted by atomic mass is 9.96. The molecular weight excluding hydrogens is 548 g/mol. The van der Waals surface area contributed by atoms with E-state index >= 15 is 0 Å². The second kappa shape index (κ2) is 35.6. The summed E-state index contributed by atoms with van der Waals surface area (Å²) in [5.74, 6) is 0.269. The third-order valence-electron chi connectivity index (χ3n) is 9.16. The molecular formula is C38H80N2O4. The van der Waals surface area contributed by atoms with Crippen molar-refractivity contribution in [1.29, 1.82) is 0 Å². The maximum absolute atomic E-state index is 11.0. The highest BCUT2D eigenvalue weighted by atomic mass is 16.5. The second-order valence-corrected chi connectivity index (χ2v) is 13.6. The minimum Gasteiger partial charge on any atom is -0.392 e. The molecule has 0 heterocycles. The molecule has 3 atom stereocenters. The van der Waals surface area contributed by atoms with Crippen molar-refractivity contribution in [3.05, 3.63) is 0 Å². The maximum Gasteiger partial charge on any atom is 0.0701 e. The molecule has 4 N–H and O–H groups in total. The van der Waals surface area contributed by atoms with Crippen LogP contribution in [0, 0.1) is 5.92 Å². The molecule has 0 aliphatic rings. The number of ether oxygens (including phenoxy) is 2. The number of nitrogens with zero attached hydrogens (tertiary/aromatic N) is 1. The van der Waals surface area contributed by atoms with Gasteiger partial charge in [0.05, 0.1) is 38.6 Å². The van der Waals surface area contributed by atoms with Crippen LogP contribution in [0.3, 0.4) is 0 Å². The van der Waals surface area contributed by atoms with E-state index in [0.717, 1.165) is 19.3 Å². The average Bonchev–Trinajstić information content (AvgIpc) is 3.01. The highest BCUT2D eigenvalue weighted by Gasteiger charge is 2.20. The van der Waals surface area contributed by atoms with Crippen LogP contribution in [0.15, 0.2) is 0 Å². The minimum absolute atomic E-state index is 0.269. The molecule has 0 aromatic heterocycles. The van der Waals surface area contributed by atoms with Gasteiger partial charge >= 0.3 is 0 Å². The van der Waals surface area contributed by atoms with Crippen LogP contribution in [0.1, 0.15) is 175 Å². The lowest BCUT2D eigenvalue weighted by molar-refractivity contribution is 0.0111. The van der Waals surface area contributed by atoms with Gasteiger partial charge in [0, 0.05) is 26.2 Å². The van der Waals surface area contributed by atoms with Crippen molar-refractivity contribution in [2.75, 3.05) is 52.6 Å². The fourth-order valence-electron chi connectivity index (χ4n) is 6.06. The highest BCUT2D eigenvalue weighted by molar-refractivity contribution is 4.73. The lowest BCUT2D eigenvalue weighted by Gasteiger charge is -2.29. The molecule has 0 saturated carbocycles. The summed E-state index contributed by atoms with van der Waals surface area (Å²) < 4.78 is 11.2. The minimum atomic E-state index is -0.375. The first-order valence-electron chi connectivity index (χ1n) is 19.5. The van der Waals surface area contributed by atoms with Crippen molar-refractivity contribution in [1.82, 2.24) is 4.90 Å². The van der Waals surface area contributed by atoms with E-state index < -0.39 is 0 Å². The highest BCUT2D eigenvalue weighted by Crippen LogP contribution is 2.18. The summed E-state index contributed by atoms with van der Waals surface area (Å²) in [6.07, 6.45) is 30.6. The third-order valence-corrected chi connectivity index (χ3v) is 9.16. The number of hydrogen-bond acceptors (Lipinski definition) is 6. The molecule has 0 rings (SSSR count). The monoisotopic (exact) mass is 629 g/mol. The van der Waals surface area contributed by atoms with Crippen LogP contribution in [0.2, 0.25) is 0 Å². The van der Waals surface area contributed by atoms with Crippen molar-refractivity contribution in [2.45, 2.75) is 187 Å². The summed E-state index contributed by atoms with van der Waals surface area (Å²) >= 11 is 0. The molecule has 6 nitrogen and oxygen atoms in total. The van der Waals surface area contributed by atoms with Gasteiger partial charge in [-0.1, -0.05) is 162 Å². The molecule has 0 aromatic rings. The smallest absolute Gasteiger partial charge is 0.0701 e. The van der Waals surface area contributed by atoms with Gasteiger partial charge in [0.15, 0.2) is 0 Å². The van der Waals surface area contributed by atoms with Crippen LogP contribution in [-0.4, -0.2) is 79.9 Å². The fraction of sp³-hybridized carbons (Fsp3) is 1.00. The lowest BCUT2D eigenvalue weighted by Crippen LogP contribution is -2.42. The van der Waals surface area contributed by atoms with Crippen LogP contribution >= 0.6 is 0 Å². The molecule has 0 amide bonds. The van der Waals surface area contributed by atoms with Gasteiger partial charge < -0.3 is 25.4 Å². The van der Waals surface area contributed by atoms with Gasteiger partial charge in [-0.2, -0.15) is 0 Å². The molecule has 266 valence electrons. The Kier molecular flexibility index (Phi) is 35.4. The molecule has 0 radical (unpaired) electrons. The van der Waals surface area contributed by atoms with Crippen molar-refractivity contribution in [3.63, 3.8) is 0 Å². The van der Waals surface area contributed by atoms with Gasteiger partial charge in [0.1, 0.15) is 0 Å². The van der Waals surface area contributed by atoms with Gasteiger partial charge in [0.2, 0.25) is 0 Å². The normalized spacial score (nSPS) is 14.0. The first-order valence-corrected chi connectivity index (χ1v) is 19.5. The first-order chi connectivity index (χ1) is 21.5. The Morgan fingerprint density at radius 1 is 0.523 bits per heavy atom. The van der Waals surface area contributed by atoms with Gasteiger partial charge in [-0.25, -0.2) is 0 Å². The second-order valence-electron chi connectivity index (χ2n) is 13.6. The molecule has 0 saturated heterocycles. The van der Waals surface area contributed by atoms with E-state index in [1.807, 2.05) is 0 Å². The van der Waals surface area contributed by atoms with Crippen molar-refractivity contribution in [3.8, 4) is 0 Å². The Bertz CT molecular complexity index is 539. The fourth-order valence-corrected chi connectivity index (χ4v) is 6.06.